The number of allylic oxidation sites excluding steroid dienone is 3. The summed E-state index contributed by atoms with van der Waals surface area (Å²) in [6, 6.07) is 0. The molecule has 0 aliphatic heterocycles. The van der Waals surface area contributed by atoms with Crippen molar-refractivity contribution in [2.45, 2.75) is 111 Å². The number of hydrogen-bond acceptors (Lipinski definition) is 2. The highest BCUT2D eigenvalue weighted by molar-refractivity contribution is 5.38. The van der Waals surface area contributed by atoms with Crippen molar-refractivity contribution in [1.82, 2.24) is 0 Å². The summed E-state index contributed by atoms with van der Waals surface area (Å²) in [4.78, 5) is 0. The number of aliphatic hydroxyl groups is 2. The Morgan fingerprint density at radius 1 is 1.07 bits per heavy atom. The lowest BCUT2D eigenvalue weighted by Crippen LogP contribution is -2.46. The molecule has 0 amide bonds. The fraction of sp³-hybridized carbons (Fsp3) is 0.852. The van der Waals surface area contributed by atoms with Crippen LogP contribution in [0.1, 0.15) is 98.8 Å². The van der Waals surface area contributed by atoms with E-state index >= 15 is 0 Å². The van der Waals surface area contributed by atoms with Crippen LogP contribution in [0.25, 0.3) is 0 Å². The summed E-state index contributed by atoms with van der Waals surface area (Å²) in [5.74, 6) is 3.03. The maximum absolute atomic E-state index is 10.2. The van der Waals surface area contributed by atoms with Crippen LogP contribution in [-0.2, 0) is 0 Å². The van der Waals surface area contributed by atoms with Gasteiger partial charge in [0.2, 0.25) is 0 Å². The van der Waals surface area contributed by atoms with E-state index in [9.17, 15) is 10.2 Å². The molecule has 4 aliphatic carbocycles. The predicted molar refractivity (Wildman–Crippen MR) is 120 cm³/mol. The van der Waals surface area contributed by atoms with Crippen LogP contribution in [0.4, 0.5) is 0 Å². The Balaban J connectivity index is 1.51. The highest BCUT2D eigenvalue weighted by Crippen LogP contribution is 2.66. The zero-order valence-corrected chi connectivity index (χ0v) is 19.5. The van der Waals surface area contributed by atoms with E-state index in [4.69, 9.17) is 0 Å². The van der Waals surface area contributed by atoms with E-state index in [1.54, 1.807) is 5.57 Å². The van der Waals surface area contributed by atoms with Crippen LogP contribution in [0, 0.1) is 34.5 Å². The van der Waals surface area contributed by atoms with Gasteiger partial charge >= 0.3 is 0 Å². The molecule has 4 rings (SSSR count). The zero-order valence-electron chi connectivity index (χ0n) is 19.5. The lowest BCUT2D eigenvalue weighted by atomic mass is 9.50. The van der Waals surface area contributed by atoms with Crippen molar-refractivity contribution >= 4 is 0 Å². The lowest BCUT2D eigenvalue weighted by molar-refractivity contribution is 0.0298. The van der Waals surface area contributed by atoms with Gasteiger partial charge < -0.3 is 10.2 Å². The lowest BCUT2D eigenvalue weighted by Gasteiger charge is -2.55. The predicted octanol–water partition coefficient (Wildman–Crippen LogP) is 6.42. The second-order valence-corrected chi connectivity index (χ2v) is 12.2. The second kappa shape index (κ2) is 7.52. The second-order valence-electron chi connectivity index (χ2n) is 12.2. The van der Waals surface area contributed by atoms with Gasteiger partial charge in [-0.1, -0.05) is 56.9 Å². The molecule has 0 saturated heterocycles. The number of fused-ring (bicyclic) bond motifs is 5. The van der Waals surface area contributed by atoms with Gasteiger partial charge in [-0.05, 0) is 99.7 Å². The van der Waals surface area contributed by atoms with Gasteiger partial charge in [0, 0.05) is 0 Å². The maximum atomic E-state index is 10.2. The topological polar surface area (TPSA) is 40.5 Å². The first-order valence-corrected chi connectivity index (χ1v) is 12.4. The fourth-order valence-corrected chi connectivity index (χ4v) is 8.02. The number of hydrogen-bond donors (Lipinski definition) is 2. The standard InChI is InChI=1S/C27H44O2/c1-18(7-6-14-25(2,3)29)22-10-11-23-21-9-8-19-17-20(28)12-15-26(19,4)24(21)13-16-27(22,23)5/h8-9,18,20,22-24,28-29H,6-7,10-17H2,1-5H3. The molecule has 3 fully saturated rings. The Kier molecular flexibility index (Phi) is 5.61. The van der Waals surface area contributed by atoms with Gasteiger partial charge in [-0.3, -0.25) is 0 Å². The van der Waals surface area contributed by atoms with Gasteiger partial charge in [-0.15, -0.1) is 0 Å². The SMILES string of the molecule is CC(CCCC(C)(C)O)C1CCC2C3=CC=C4CC(O)CCC4(C)C3CCC21C. The van der Waals surface area contributed by atoms with E-state index in [1.165, 1.54) is 37.7 Å². The highest BCUT2D eigenvalue weighted by atomic mass is 16.3. The molecule has 0 heterocycles. The number of rotatable bonds is 5. The fourth-order valence-electron chi connectivity index (χ4n) is 8.02. The van der Waals surface area contributed by atoms with Crippen LogP contribution in [0.5, 0.6) is 0 Å². The van der Waals surface area contributed by atoms with E-state index in [0.29, 0.717) is 16.7 Å². The van der Waals surface area contributed by atoms with E-state index in [1.807, 2.05) is 13.8 Å². The van der Waals surface area contributed by atoms with Crippen molar-refractivity contribution in [2.75, 3.05) is 0 Å². The molecule has 0 aromatic carbocycles. The molecule has 0 bridgehead atoms. The molecule has 7 unspecified atom stereocenters. The van der Waals surface area contributed by atoms with Crippen LogP contribution in [0.3, 0.4) is 0 Å². The molecule has 4 aliphatic rings. The van der Waals surface area contributed by atoms with Crippen molar-refractivity contribution in [3.63, 3.8) is 0 Å². The minimum atomic E-state index is -0.528. The van der Waals surface area contributed by atoms with Crippen LogP contribution in [-0.4, -0.2) is 21.9 Å². The summed E-state index contributed by atoms with van der Waals surface area (Å²) in [6.07, 6.45) is 16.5. The smallest absolute Gasteiger partial charge is 0.0591 e. The molecule has 2 heteroatoms. The molecule has 7 atom stereocenters. The van der Waals surface area contributed by atoms with Gasteiger partial charge in [0.15, 0.2) is 0 Å². The van der Waals surface area contributed by atoms with Crippen molar-refractivity contribution in [2.24, 2.45) is 34.5 Å². The molecule has 0 spiro atoms. The molecule has 3 saturated carbocycles. The normalized spacial score (nSPS) is 43.0. The van der Waals surface area contributed by atoms with E-state index < -0.39 is 5.60 Å². The summed E-state index contributed by atoms with van der Waals surface area (Å²) in [5.41, 5.74) is 3.49. The van der Waals surface area contributed by atoms with Gasteiger partial charge in [0.05, 0.1) is 11.7 Å². The first kappa shape index (κ1) is 21.6. The molecular formula is C27H44O2. The van der Waals surface area contributed by atoms with Crippen LogP contribution in [0.2, 0.25) is 0 Å². The summed E-state index contributed by atoms with van der Waals surface area (Å²) in [6.45, 7) is 11.5. The first-order chi connectivity index (χ1) is 13.5. The van der Waals surface area contributed by atoms with Gasteiger partial charge in [0.25, 0.3) is 0 Å². The van der Waals surface area contributed by atoms with Gasteiger partial charge in [-0.2, -0.15) is 0 Å². The van der Waals surface area contributed by atoms with Gasteiger partial charge in [-0.25, -0.2) is 0 Å². The highest BCUT2D eigenvalue weighted by Gasteiger charge is 2.56. The molecule has 0 radical (unpaired) electrons. The summed E-state index contributed by atoms with van der Waals surface area (Å²) >= 11 is 0. The van der Waals surface area contributed by atoms with Crippen LogP contribution >= 0.6 is 0 Å². The zero-order chi connectivity index (χ0) is 21.0. The molecule has 164 valence electrons. The monoisotopic (exact) mass is 400 g/mol. The quantitative estimate of drug-likeness (QED) is 0.559. The van der Waals surface area contributed by atoms with Crippen molar-refractivity contribution in [3.05, 3.63) is 23.3 Å². The average Bonchev–Trinajstić information content (AvgIpc) is 2.98. The third-order valence-electron chi connectivity index (χ3n) is 9.75. The van der Waals surface area contributed by atoms with Crippen molar-refractivity contribution in [3.8, 4) is 0 Å². The molecule has 0 aromatic rings. The largest absolute Gasteiger partial charge is 0.393 e. The minimum absolute atomic E-state index is 0.126. The maximum Gasteiger partial charge on any atom is 0.0591 e. The Hall–Kier alpha value is -0.600. The summed E-state index contributed by atoms with van der Waals surface area (Å²) < 4.78 is 0. The average molecular weight is 401 g/mol. The molecule has 2 N–H and O–H groups in total. The van der Waals surface area contributed by atoms with Crippen LogP contribution < -0.4 is 0 Å². The van der Waals surface area contributed by atoms with E-state index in [-0.39, 0.29) is 6.10 Å². The minimum Gasteiger partial charge on any atom is -0.393 e. The van der Waals surface area contributed by atoms with E-state index in [2.05, 4.69) is 32.9 Å². The Morgan fingerprint density at radius 2 is 1.83 bits per heavy atom. The third-order valence-corrected chi connectivity index (χ3v) is 9.75. The number of aliphatic hydroxyl groups excluding tert-OH is 1. The summed E-state index contributed by atoms with van der Waals surface area (Å²) in [7, 11) is 0. The van der Waals surface area contributed by atoms with Gasteiger partial charge in [0.1, 0.15) is 0 Å². The van der Waals surface area contributed by atoms with E-state index in [0.717, 1.165) is 49.9 Å². The third kappa shape index (κ3) is 3.78. The molecule has 2 nitrogen and oxygen atoms in total. The molecule has 29 heavy (non-hydrogen) atoms. The summed E-state index contributed by atoms with van der Waals surface area (Å²) in [5, 5.41) is 20.3. The first-order valence-electron chi connectivity index (χ1n) is 12.4. The van der Waals surface area contributed by atoms with Crippen molar-refractivity contribution < 1.29 is 10.2 Å². The molecule has 0 aromatic heterocycles. The Labute approximate surface area is 178 Å². The Morgan fingerprint density at radius 3 is 2.55 bits per heavy atom. The van der Waals surface area contributed by atoms with Crippen molar-refractivity contribution in [1.29, 1.82) is 0 Å². The van der Waals surface area contributed by atoms with Crippen LogP contribution in [0.15, 0.2) is 23.3 Å². The Bertz CT molecular complexity index is 683. The molecular weight excluding hydrogens is 356 g/mol.